The van der Waals surface area contributed by atoms with Gasteiger partial charge in [-0.1, -0.05) is 18.2 Å². The number of hydrogen-bond acceptors (Lipinski definition) is 3. The fraction of sp³-hybridized carbons (Fsp3) is 0. The van der Waals surface area contributed by atoms with Crippen LogP contribution in [-0.4, -0.2) is 21.4 Å². The highest BCUT2D eigenvalue weighted by Crippen LogP contribution is 2.22. The first-order valence-electron chi connectivity index (χ1n) is 4.65. The van der Waals surface area contributed by atoms with Crippen LogP contribution in [0.2, 0.25) is 0 Å². The summed E-state index contributed by atoms with van der Waals surface area (Å²) < 4.78 is 0. The van der Waals surface area contributed by atoms with Crippen LogP contribution in [0.1, 0.15) is 0 Å². The van der Waals surface area contributed by atoms with Gasteiger partial charge in [-0.2, -0.15) is 5.10 Å². The van der Waals surface area contributed by atoms with Crippen LogP contribution in [0.4, 0.5) is 16.3 Å². The third kappa shape index (κ3) is 1.98. The van der Waals surface area contributed by atoms with Gasteiger partial charge in [0.2, 0.25) is 0 Å². The van der Waals surface area contributed by atoms with E-state index in [2.05, 4.69) is 10.2 Å². The summed E-state index contributed by atoms with van der Waals surface area (Å²) in [7, 11) is 0. The van der Waals surface area contributed by atoms with E-state index in [1.807, 2.05) is 6.07 Å². The maximum absolute atomic E-state index is 11.2. The largest absolute Gasteiger partial charge is 0.464 e. The average molecular weight is 215 g/mol. The topological polar surface area (TPSA) is 66.3 Å². The molecule has 0 aliphatic carbocycles. The highest BCUT2D eigenvalue weighted by atomic mass is 16.4. The molecule has 0 fully saturated rings. The van der Waals surface area contributed by atoms with Gasteiger partial charge < -0.3 is 5.11 Å². The number of hydrogen-bond donors (Lipinski definition) is 1. The minimum absolute atomic E-state index is 0.279. The quantitative estimate of drug-likeness (QED) is 0.834. The van der Waals surface area contributed by atoms with Crippen molar-refractivity contribution in [1.82, 2.24) is 10.2 Å². The number of benzene rings is 1. The van der Waals surface area contributed by atoms with Gasteiger partial charge in [-0.15, -0.1) is 5.10 Å². The summed E-state index contributed by atoms with van der Waals surface area (Å²) in [5.41, 5.74) is 0.538. The van der Waals surface area contributed by atoms with Crippen LogP contribution in [0, 0.1) is 0 Å². The van der Waals surface area contributed by atoms with Gasteiger partial charge in [0.25, 0.3) is 0 Å². The number of aromatic nitrogens is 2. The van der Waals surface area contributed by atoms with Crippen molar-refractivity contribution in [1.29, 1.82) is 0 Å². The van der Waals surface area contributed by atoms with Crippen molar-refractivity contribution in [2.45, 2.75) is 0 Å². The lowest BCUT2D eigenvalue weighted by molar-refractivity contribution is 0.204. The van der Waals surface area contributed by atoms with E-state index in [-0.39, 0.29) is 5.82 Å². The molecule has 0 atom stereocenters. The molecule has 0 saturated carbocycles. The van der Waals surface area contributed by atoms with Crippen LogP contribution in [-0.2, 0) is 0 Å². The third-order valence-corrected chi connectivity index (χ3v) is 1.99. The highest BCUT2D eigenvalue weighted by Gasteiger charge is 2.17. The standard InChI is InChI=1S/C11H9N3O2/c15-11(16)14(9-5-2-1-3-6-9)10-7-4-8-12-13-10/h1-8H,(H,15,16). The molecule has 1 heterocycles. The fourth-order valence-electron chi connectivity index (χ4n) is 1.33. The van der Waals surface area contributed by atoms with Gasteiger partial charge in [-0.3, -0.25) is 0 Å². The zero-order valence-electron chi connectivity index (χ0n) is 8.32. The summed E-state index contributed by atoms with van der Waals surface area (Å²) in [6.07, 6.45) is 0.404. The molecule has 0 spiro atoms. The van der Waals surface area contributed by atoms with E-state index in [0.29, 0.717) is 5.69 Å². The van der Waals surface area contributed by atoms with Gasteiger partial charge in [-0.25, -0.2) is 9.69 Å². The first-order chi connectivity index (χ1) is 7.79. The zero-order valence-corrected chi connectivity index (χ0v) is 8.32. The van der Waals surface area contributed by atoms with E-state index < -0.39 is 6.09 Å². The van der Waals surface area contributed by atoms with Gasteiger partial charge >= 0.3 is 6.09 Å². The Morgan fingerprint density at radius 1 is 1.12 bits per heavy atom. The normalized spacial score (nSPS) is 9.75. The number of rotatable bonds is 2. The summed E-state index contributed by atoms with van der Waals surface area (Å²) in [6.45, 7) is 0. The molecule has 0 aliphatic heterocycles. The van der Waals surface area contributed by atoms with Crippen molar-refractivity contribution in [2.24, 2.45) is 0 Å². The van der Waals surface area contributed by atoms with Crippen molar-refractivity contribution >= 4 is 17.6 Å². The Labute approximate surface area is 92.0 Å². The van der Waals surface area contributed by atoms with Gasteiger partial charge in [0, 0.05) is 6.20 Å². The van der Waals surface area contributed by atoms with Gasteiger partial charge in [0.05, 0.1) is 5.69 Å². The Morgan fingerprint density at radius 2 is 1.88 bits per heavy atom. The lowest BCUT2D eigenvalue weighted by Crippen LogP contribution is -2.24. The zero-order chi connectivity index (χ0) is 11.4. The number of nitrogens with zero attached hydrogens (tertiary/aromatic N) is 3. The molecule has 1 amide bonds. The third-order valence-electron chi connectivity index (χ3n) is 1.99. The number of carboxylic acid groups (broad SMARTS) is 1. The summed E-state index contributed by atoms with van der Waals surface area (Å²) >= 11 is 0. The summed E-state index contributed by atoms with van der Waals surface area (Å²) in [4.78, 5) is 12.2. The molecule has 5 nitrogen and oxygen atoms in total. The van der Waals surface area contributed by atoms with Gasteiger partial charge in [0.15, 0.2) is 5.82 Å². The van der Waals surface area contributed by atoms with Crippen molar-refractivity contribution in [2.75, 3.05) is 4.90 Å². The molecular formula is C11H9N3O2. The second-order valence-electron chi connectivity index (χ2n) is 3.04. The van der Waals surface area contributed by atoms with Crippen LogP contribution in [0.15, 0.2) is 48.7 Å². The highest BCUT2D eigenvalue weighted by molar-refractivity contribution is 5.93. The molecule has 0 saturated heterocycles. The average Bonchev–Trinajstić information content (AvgIpc) is 2.31. The predicted octanol–water partition coefficient (Wildman–Crippen LogP) is 2.29. The van der Waals surface area contributed by atoms with Crippen molar-refractivity contribution in [3.63, 3.8) is 0 Å². The lowest BCUT2D eigenvalue weighted by Gasteiger charge is -2.16. The van der Waals surface area contributed by atoms with E-state index >= 15 is 0 Å². The summed E-state index contributed by atoms with van der Waals surface area (Å²) in [5.74, 6) is 0.279. The minimum Gasteiger partial charge on any atom is -0.464 e. The summed E-state index contributed by atoms with van der Waals surface area (Å²) in [5, 5.41) is 16.6. The maximum atomic E-state index is 11.2. The second-order valence-corrected chi connectivity index (χ2v) is 3.04. The molecule has 80 valence electrons. The Bertz CT molecular complexity index is 434. The molecule has 2 aromatic rings. The maximum Gasteiger partial charge on any atom is 0.417 e. The number of anilines is 2. The van der Waals surface area contributed by atoms with Crippen molar-refractivity contribution in [3.05, 3.63) is 48.7 Å². The molecule has 16 heavy (non-hydrogen) atoms. The molecule has 0 aliphatic rings. The molecular weight excluding hydrogens is 206 g/mol. The monoisotopic (exact) mass is 215 g/mol. The molecule has 0 radical (unpaired) electrons. The van der Waals surface area contributed by atoms with Crippen LogP contribution in [0.3, 0.4) is 0 Å². The predicted molar refractivity (Wildman–Crippen MR) is 58.6 cm³/mol. The Kier molecular flexibility index (Phi) is 2.77. The number of amides is 1. The van der Waals surface area contributed by atoms with Crippen LogP contribution in [0.25, 0.3) is 0 Å². The summed E-state index contributed by atoms with van der Waals surface area (Å²) in [6, 6.07) is 12.0. The van der Waals surface area contributed by atoms with Crippen molar-refractivity contribution in [3.8, 4) is 0 Å². The molecule has 0 unspecified atom stereocenters. The van der Waals surface area contributed by atoms with Crippen LogP contribution >= 0.6 is 0 Å². The molecule has 1 aromatic heterocycles. The van der Waals surface area contributed by atoms with Gasteiger partial charge in [0.1, 0.15) is 0 Å². The molecule has 2 rings (SSSR count). The SMILES string of the molecule is O=C(O)N(c1ccccc1)c1cccnn1. The number of para-hydroxylation sites is 1. The van der Waals surface area contributed by atoms with Crippen LogP contribution in [0.5, 0.6) is 0 Å². The van der Waals surface area contributed by atoms with E-state index in [1.165, 1.54) is 6.20 Å². The first kappa shape index (κ1) is 10.1. The fourth-order valence-corrected chi connectivity index (χ4v) is 1.33. The Morgan fingerprint density at radius 3 is 2.44 bits per heavy atom. The van der Waals surface area contributed by atoms with E-state index in [0.717, 1.165) is 4.90 Å². The molecule has 0 bridgehead atoms. The van der Waals surface area contributed by atoms with E-state index in [9.17, 15) is 4.79 Å². The van der Waals surface area contributed by atoms with Gasteiger partial charge in [-0.05, 0) is 24.3 Å². The molecule has 1 aromatic carbocycles. The first-order valence-corrected chi connectivity index (χ1v) is 4.65. The second kappa shape index (κ2) is 4.39. The number of carbonyl (C=O) groups is 1. The molecule has 5 heteroatoms. The van der Waals surface area contributed by atoms with E-state index in [4.69, 9.17) is 5.11 Å². The Hall–Kier alpha value is -2.43. The smallest absolute Gasteiger partial charge is 0.417 e. The van der Waals surface area contributed by atoms with Crippen LogP contribution < -0.4 is 4.90 Å². The minimum atomic E-state index is -1.09. The van der Waals surface area contributed by atoms with Crippen molar-refractivity contribution < 1.29 is 9.90 Å². The lowest BCUT2D eigenvalue weighted by atomic mass is 10.3. The molecule has 1 N–H and O–H groups in total. The Balaban J connectivity index is 2.44. The van der Waals surface area contributed by atoms with E-state index in [1.54, 1.807) is 36.4 Å².